The topological polar surface area (TPSA) is 125 Å². The number of nitrogens with one attached hydrogen (secondary N) is 3. The second kappa shape index (κ2) is 9.81. The van der Waals surface area contributed by atoms with Gasteiger partial charge in [-0.05, 0) is 55.0 Å². The Labute approximate surface area is 216 Å². The van der Waals surface area contributed by atoms with E-state index < -0.39 is 0 Å². The van der Waals surface area contributed by atoms with Crippen molar-refractivity contribution in [3.05, 3.63) is 72.9 Å². The van der Waals surface area contributed by atoms with E-state index >= 15 is 0 Å². The van der Waals surface area contributed by atoms with Crippen LogP contribution in [-0.4, -0.2) is 41.0 Å². The van der Waals surface area contributed by atoms with Gasteiger partial charge in [-0.1, -0.05) is 13.3 Å². The highest BCUT2D eigenvalue weighted by atomic mass is 19.1. The molecule has 0 saturated carbocycles. The average molecular weight is 507 g/mol. The predicted octanol–water partition coefficient (Wildman–Crippen LogP) is 5.89. The van der Waals surface area contributed by atoms with Crippen molar-refractivity contribution >= 4 is 33.7 Å². The quantitative estimate of drug-likeness (QED) is 0.248. The first-order chi connectivity index (χ1) is 18.6. The van der Waals surface area contributed by atoms with Gasteiger partial charge < -0.3 is 10.3 Å². The van der Waals surface area contributed by atoms with E-state index in [2.05, 4.69) is 30.5 Å². The molecule has 0 bridgehead atoms. The third-order valence-corrected chi connectivity index (χ3v) is 6.23. The highest BCUT2D eigenvalue weighted by Crippen LogP contribution is 2.31. The van der Waals surface area contributed by atoms with Crippen molar-refractivity contribution in [3.63, 3.8) is 0 Å². The number of carbonyl (C=O) groups is 1. The first kappa shape index (κ1) is 23.4. The summed E-state index contributed by atoms with van der Waals surface area (Å²) in [6.45, 7) is 2.05. The minimum absolute atomic E-state index is 0.0364. The van der Waals surface area contributed by atoms with E-state index in [0.29, 0.717) is 46.0 Å². The number of hydrogen-bond acceptors (Lipinski definition) is 6. The molecule has 6 aromatic rings. The van der Waals surface area contributed by atoms with Gasteiger partial charge in [0.25, 0.3) is 0 Å². The van der Waals surface area contributed by atoms with Crippen molar-refractivity contribution in [1.29, 1.82) is 0 Å². The molecule has 1 aromatic carbocycles. The van der Waals surface area contributed by atoms with Crippen LogP contribution in [0.15, 0.2) is 67.1 Å². The second-order valence-electron chi connectivity index (χ2n) is 8.93. The number of aromatic amines is 2. The van der Waals surface area contributed by atoms with Crippen LogP contribution in [0.4, 0.5) is 10.1 Å². The molecule has 38 heavy (non-hydrogen) atoms. The van der Waals surface area contributed by atoms with Crippen molar-refractivity contribution in [2.75, 3.05) is 5.32 Å². The SMILES string of the molecule is CCCCC(=O)Nc1cncc(-c2ccc3[nH]nc(-c4nc5c(-c6ccc(F)cc6)nccc5[nH]4)c3n2)c1. The van der Waals surface area contributed by atoms with Crippen LogP contribution in [0.1, 0.15) is 26.2 Å². The zero-order valence-corrected chi connectivity index (χ0v) is 20.5. The maximum atomic E-state index is 13.4. The van der Waals surface area contributed by atoms with Gasteiger partial charge in [0.05, 0.1) is 34.3 Å². The summed E-state index contributed by atoms with van der Waals surface area (Å²) in [6.07, 6.45) is 7.28. The standard InChI is InChI=1S/C28H23FN8O/c1-2-3-4-23(38)32-19-13-17(14-30-15-19)20-9-10-22-26(33-20)27(37-36-22)28-34-21-11-12-31-24(25(21)35-28)16-5-7-18(29)8-6-16/h5-15H,2-4H2,1H3,(H,32,38)(H,34,35)(H,36,37). The van der Waals surface area contributed by atoms with Crippen LogP contribution in [0.3, 0.4) is 0 Å². The summed E-state index contributed by atoms with van der Waals surface area (Å²) >= 11 is 0. The Morgan fingerprint density at radius 1 is 0.947 bits per heavy atom. The number of pyridine rings is 3. The molecule has 0 aliphatic carbocycles. The van der Waals surface area contributed by atoms with Crippen LogP contribution in [0, 0.1) is 5.82 Å². The van der Waals surface area contributed by atoms with Crippen molar-refractivity contribution in [1.82, 2.24) is 35.1 Å². The van der Waals surface area contributed by atoms with Gasteiger partial charge in [-0.25, -0.2) is 14.4 Å². The lowest BCUT2D eigenvalue weighted by Crippen LogP contribution is -2.11. The lowest BCUT2D eigenvalue weighted by Gasteiger charge is -2.07. The number of imidazole rings is 1. The van der Waals surface area contributed by atoms with Crippen molar-refractivity contribution < 1.29 is 9.18 Å². The summed E-state index contributed by atoms with van der Waals surface area (Å²) < 4.78 is 13.4. The molecule has 0 fully saturated rings. The average Bonchev–Trinajstić information content (AvgIpc) is 3.56. The number of carbonyl (C=O) groups excluding carboxylic acids is 1. The molecule has 0 spiro atoms. The van der Waals surface area contributed by atoms with Gasteiger partial charge in [0.1, 0.15) is 16.9 Å². The van der Waals surface area contributed by atoms with Crippen LogP contribution < -0.4 is 5.32 Å². The molecule has 10 heteroatoms. The first-order valence-electron chi connectivity index (χ1n) is 12.3. The number of nitrogens with zero attached hydrogens (tertiary/aromatic N) is 5. The van der Waals surface area contributed by atoms with Crippen molar-refractivity contribution in [2.45, 2.75) is 26.2 Å². The molecule has 0 aliphatic rings. The fourth-order valence-electron chi connectivity index (χ4n) is 4.30. The molecular formula is C28H23FN8O. The zero-order valence-electron chi connectivity index (χ0n) is 20.5. The lowest BCUT2D eigenvalue weighted by atomic mass is 10.1. The second-order valence-corrected chi connectivity index (χ2v) is 8.93. The van der Waals surface area contributed by atoms with Crippen LogP contribution in [0.5, 0.6) is 0 Å². The number of amides is 1. The van der Waals surface area contributed by atoms with Gasteiger partial charge in [-0.15, -0.1) is 0 Å². The van der Waals surface area contributed by atoms with Crippen LogP contribution in [0.2, 0.25) is 0 Å². The smallest absolute Gasteiger partial charge is 0.224 e. The number of benzene rings is 1. The van der Waals surface area contributed by atoms with Crippen LogP contribution in [0.25, 0.3) is 56.1 Å². The van der Waals surface area contributed by atoms with E-state index in [4.69, 9.17) is 9.97 Å². The zero-order chi connectivity index (χ0) is 26.1. The molecular weight excluding hydrogens is 483 g/mol. The van der Waals surface area contributed by atoms with Crippen LogP contribution >= 0.6 is 0 Å². The molecule has 0 saturated heterocycles. The highest BCUT2D eigenvalue weighted by molar-refractivity contribution is 5.95. The molecule has 6 rings (SSSR count). The maximum Gasteiger partial charge on any atom is 0.224 e. The number of hydrogen-bond donors (Lipinski definition) is 3. The molecule has 0 atom stereocenters. The third-order valence-electron chi connectivity index (χ3n) is 6.23. The number of anilines is 1. The molecule has 3 N–H and O–H groups in total. The van der Waals surface area contributed by atoms with E-state index in [-0.39, 0.29) is 11.7 Å². The van der Waals surface area contributed by atoms with E-state index in [1.54, 1.807) is 30.7 Å². The molecule has 5 heterocycles. The summed E-state index contributed by atoms with van der Waals surface area (Å²) in [6, 6.07) is 13.6. The molecule has 9 nitrogen and oxygen atoms in total. The van der Waals surface area contributed by atoms with Crippen LogP contribution in [-0.2, 0) is 4.79 Å². The molecule has 188 valence electrons. The number of aromatic nitrogens is 7. The number of unbranched alkanes of at least 4 members (excludes halogenated alkanes) is 1. The molecule has 0 radical (unpaired) electrons. The molecule has 1 amide bonds. The Kier molecular flexibility index (Phi) is 6.04. The van der Waals surface area contributed by atoms with Gasteiger partial charge in [0.15, 0.2) is 11.5 Å². The lowest BCUT2D eigenvalue weighted by molar-refractivity contribution is -0.116. The monoisotopic (exact) mass is 506 g/mol. The predicted molar refractivity (Wildman–Crippen MR) is 144 cm³/mol. The van der Waals surface area contributed by atoms with Crippen molar-refractivity contribution in [2.24, 2.45) is 0 Å². The summed E-state index contributed by atoms with van der Waals surface area (Å²) in [4.78, 5) is 33.9. The van der Waals surface area contributed by atoms with Gasteiger partial charge >= 0.3 is 0 Å². The Morgan fingerprint density at radius 3 is 2.63 bits per heavy atom. The minimum Gasteiger partial charge on any atom is -0.336 e. The Balaban J connectivity index is 1.37. The maximum absolute atomic E-state index is 13.4. The number of halogens is 1. The van der Waals surface area contributed by atoms with Gasteiger partial charge in [-0.2, -0.15) is 5.10 Å². The highest BCUT2D eigenvalue weighted by Gasteiger charge is 2.17. The summed E-state index contributed by atoms with van der Waals surface area (Å²) in [5, 5.41) is 10.4. The molecule has 5 aromatic heterocycles. The Bertz CT molecular complexity index is 1770. The summed E-state index contributed by atoms with van der Waals surface area (Å²) in [5.41, 5.74) is 6.83. The van der Waals surface area contributed by atoms with E-state index in [1.165, 1.54) is 12.1 Å². The molecule has 0 aliphatic heterocycles. The fourth-order valence-corrected chi connectivity index (χ4v) is 4.30. The molecule has 0 unspecified atom stereocenters. The summed E-state index contributed by atoms with van der Waals surface area (Å²) in [7, 11) is 0. The van der Waals surface area contributed by atoms with E-state index in [9.17, 15) is 9.18 Å². The first-order valence-corrected chi connectivity index (χ1v) is 12.3. The van der Waals surface area contributed by atoms with Gasteiger partial charge in [0, 0.05) is 29.9 Å². The third kappa shape index (κ3) is 4.47. The fraction of sp³-hybridized carbons (Fsp3) is 0.143. The van der Waals surface area contributed by atoms with E-state index in [0.717, 1.165) is 35.0 Å². The minimum atomic E-state index is -0.312. The Hall–Kier alpha value is -4.99. The number of H-pyrrole nitrogens is 2. The summed E-state index contributed by atoms with van der Waals surface area (Å²) in [5.74, 6) is 0.182. The largest absolute Gasteiger partial charge is 0.336 e. The Morgan fingerprint density at radius 2 is 1.79 bits per heavy atom. The normalized spacial score (nSPS) is 11.3. The number of fused-ring (bicyclic) bond motifs is 2. The van der Waals surface area contributed by atoms with Gasteiger partial charge in [-0.3, -0.25) is 19.9 Å². The van der Waals surface area contributed by atoms with Gasteiger partial charge in [0.2, 0.25) is 5.91 Å². The van der Waals surface area contributed by atoms with E-state index in [1.807, 2.05) is 31.2 Å². The number of rotatable bonds is 7. The van der Waals surface area contributed by atoms with Crippen molar-refractivity contribution in [3.8, 4) is 34.0 Å².